The van der Waals surface area contributed by atoms with Crippen LogP contribution in [0.15, 0.2) is 17.5 Å². The van der Waals surface area contributed by atoms with Gasteiger partial charge in [0.2, 0.25) is 0 Å². The van der Waals surface area contributed by atoms with Crippen molar-refractivity contribution in [1.82, 2.24) is 0 Å². The summed E-state index contributed by atoms with van der Waals surface area (Å²) in [6.45, 7) is 4.82. The molecule has 1 atom stereocenters. The van der Waals surface area contributed by atoms with E-state index < -0.39 is 0 Å². The highest BCUT2D eigenvalue weighted by atomic mass is 32.1. The summed E-state index contributed by atoms with van der Waals surface area (Å²) < 4.78 is 5.88. The van der Waals surface area contributed by atoms with E-state index in [1.54, 1.807) is 11.3 Å². The smallest absolute Gasteiger partial charge is 0.144 e. The zero-order chi connectivity index (χ0) is 11.6. The average Bonchev–Trinajstić information content (AvgIpc) is 2.78. The molecule has 3 heteroatoms. The molecule has 1 aromatic rings. The van der Waals surface area contributed by atoms with Gasteiger partial charge in [0, 0.05) is 11.3 Å². The summed E-state index contributed by atoms with van der Waals surface area (Å²) in [6, 6.07) is 4.10. The second kappa shape index (κ2) is 4.68. The number of carbonyl (C=O) groups is 1. The van der Waals surface area contributed by atoms with E-state index in [2.05, 4.69) is 25.3 Å². The molecule has 88 valence electrons. The molecule has 0 bridgehead atoms. The SMILES string of the molecule is CCC1(CC)C(=O)CC1OCc1cccs1. The average molecular weight is 238 g/mol. The van der Waals surface area contributed by atoms with Crippen LogP contribution in [0.5, 0.6) is 0 Å². The molecule has 0 aliphatic heterocycles. The Labute approximate surface area is 101 Å². The van der Waals surface area contributed by atoms with Crippen LogP contribution in [-0.2, 0) is 16.1 Å². The van der Waals surface area contributed by atoms with Crippen LogP contribution in [-0.4, -0.2) is 11.9 Å². The number of Topliss-reactive ketones (excluding diaryl/α,β-unsaturated/α-hetero) is 1. The molecular weight excluding hydrogens is 220 g/mol. The Morgan fingerprint density at radius 1 is 1.50 bits per heavy atom. The third-order valence-corrected chi connectivity index (χ3v) is 4.66. The van der Waals surface area contributed by atoms with Gasteiger partial charge in [0.1, 0.15) is 5.78 Å². The van der Waals surface area contributed by atoms with Gasteiger partial charge in [-0.05, 0) is 24.3 Å². The van der Waals surface area contributed by atoms with Crippen LogP contribution in [0.25, 0.3) is 0 Å². The number of hydrogen-bond donors (Lipinski definition) is 0. The molecule has 0 radical (unpaired) electrons. The highest BCUT2D eigenvalue weighted by Gasteiger charge is 2.52. The summed E-state index contributed by atoms with van der Waals surface area (Å²) in [5, 5.41) is 2.05. The predicted octanol–water partition coefficient (Wildman–Crippen LogP) is 3.41. The first kappa shape index (κ1) is 11.8. The van der Waals surface area contributed by atoms with Crippen LogP contribution in [0.4, 0.5) is 0 Å². The van der Waals surface area contributed by atoms with Crippen molar-refractivity contribution in [2.45, 2.75) is 45.8 Å². The molecule has 1 aliphatic carbocycles. The van der Waals surface area contributed by atoms with Crippen molar-refractivity contribution in [3.8, 4) is 0 Å². The minimum absolute atomic E-state index is 0.136. The molecule has 1 aromatic heterocycles. The minimum Gasteiger partial charge on any atom is -0.371 e. The van der Waals surface area contributed by atoms with Crippen LogP contribution in [0.2, 0.25) is 0 Å². The van der Waals surface area contributed by atoms with Crippen molar-refractivity contribution in [3.05, 3.63) is 22.4 Å². The fourth-order valence-electron chi connectivity index (χ4n) is 2.51. The topological polar surface area (TPSA) is 26.3 Å². The van der Waals surface area contributed by atoms with Crippen molar-refractivity contribution in [2.75, 3.05) is 0 Å². The molecule has 16 heavy (non-hydrogen) atoms. The predicted molar refractivity (Wildman–Crippen MR) is 65.5 cm³/mol. The van der Waals surface area contributed by atoms with Crippen LogP contribution < -0.4 is 0 Å². The Balaban J connectivity index is 1.93. The van der Waals surface area contributed by atoms with Gasteiger partial charge in [0.25, 0.3) is 0 Å². The maximum absolute atomic E-state index is 11.7. The molecule has 1 heterocycles. The number of hydrogen-bond acceptors (Lipinski definition) is 3. The molecule has 0 aromatic carbocycles. The third-order valence-electron chi connectivity index (χ3n) is 3.81. The first-order chi connectivity index (χ1) is 7.73. The summed E-state index contributed by atoms with van der Waals surface area (Å²) >= 11 is 1.71. The Hall–Kier alpha value is -0.670. The van der Waals surface area contributed by atoms with E-state index in [9.17, 15) is 4.79 Å². The van der Waals surface area contributed by atoms with E-state index in [0.29, 0.717) is 18.8 Å². The molecule has 0 saturated heterocycles. The van der Waals surface area contributed by atoms with Gasteiger partial charge < -0.3 is 4.74 Å². The van der Waals surface area contributed by atoms with Crippen molar-refractivity contribution in [2.24, 2.45) is 5.41 Å². The first-order valence-electron chi connectivity index (χ1n) is 5.90. The Bertz CT molecular complexity index is 352. The molecule has 0 N–H and O–H groups in total. The summed E-state index contributed by atoms with van der Waals surface area (Å²) in [5.74, 6) is 0.383. The van der Waals surface area contributed by atoms with E-state index in [-0.39, 0.29) is 11.5 Å². The quantitative estimate of drug-likeness (QED) is 0.785. The monoisotopic (exact) mass is 238 g/mol. The second-order valence-electron chi connectivity index (χ2n) is 4.37. The Morgan fingerprint density at radius 2 is 2.25 bits per heavy atom. The molecular formula is C13H18O2S. The first-order valence-corrected chi connectivity index (χ1v) is 6.78. The molecule has 0 spiro atoms. The number of carbonyl (C=O) groups excluding carboxylic acids is 1. The number of ether oxygens (including phenoxy) is 1. The van der Waals surface area contributed by atoms with Gasteiger partial charge in [-0.1, -0.05) is 19.9 Å². The van der Waals surface area contributed by atoms with E-state index >= 15 is 0 Å². The number of ketones is 1. The maximum atomic E-state index is 11.7. The lowest BCUT2D eigenvalue weighted by molar-refractivity contribution is -0.166. The minimum atomic E-state index is -0.183. The molecule has 1 saturated carbocycles. The summed E-state index contributed by atoms with van der Waals surface area (Å²) in [5.41, 5.74) is -0.183. The zero-order valence-corrected chi connectivity index (χ0v) is 10.7. The number of rotatable bonds is 5. The van der Waals surface area contributed by atoms with Crippen LogP contribution in [0.1, 0.15) is 38.0 Å². The van der Waals surface area contributed by atoms with Crippen molar-refractivity contribution in [1.29, 1.82) is 0 Å². The standard InChI is InChI=1S/C13H18O2S/c1-3-13(4-2)11(14)8-12(13)15-9-10-6-5-7-16-10/h5-7,12H,3-4,8-9H2,1-2H3. The Morgan fingerprint density at radius 3 is 2.75 bits per heavy atom. The number of thiophene rings is 1. The molecule has 0 amide bonds. The van der Waals surface area contributed by atoms with Crippen LogP contribution >= 0.6 is 11.3 Å². The van der Waals surface area contributed by atoms with Gasteiger partial charge in [0.05, 0.1) is 18.1 Å². The fourth-order valence-corrected chi connectivity index (χ4v) is 3.14. The van der Waals surface area contributed by atoms with Crippen molar-refractivity contribution < 1.29 is 9.53 Å². The van der Waals surface area contributed by atoms with Gasteiger partial charge >= 0.3 is 0 Å². The lowest BCUT2D eigenvalue weighted by Gasteiger charge is -2.46. The molecule has 1 unspecified atom stereocenters. The maximum Gasteiger partial charge on any atom is 0.144 e. The van der Waals surface area contributed by atoms with Gasteiger partial charge in [-0.2, -0.15) is 0 Å². The fraction of sp³-hybridized carbons (Fsp3) is 0.615. The third kappa shape index (κ3) is 1.82. The molecule has 2 nitrogen and oxygen atoms in total. The van der Waals surface area contributed by atoms with Crippen molar-refractivity contribution >= 4 is 17.1 Å². The lowest BCUT2D eigenvalue weighted by atomic mass is 9.61. The van der Waals surface area contributed by atoms with Gasteiger partial charge in [-0.3, -0.25) is 4.79 Å². The molecule has 2 rings (SSSR count). The van der Waals surface area contributed by atoms with E-state index in [1.165, 1.54) is 4.88 Å². The molecule has 1 fully saturated rings. The lowest BCUT2D eigenvalue weighted by Crippen LogP contribution is -2.54. The largest absolute Gasteiger partial charge is 0.371 e. The van der Waals surface area contributed by atoms with Gasteiger partial charge in [-0.25, -0.2) is 0 Å². The van der Waals surface area contributed by atoms with Crippen LogP contribution in [0.3, 0.4) is 0 Å². The normalized spacial score (nSPS) is 23.1. The van der Waals surface area contributed by atoms with E-state index in [1.807, 2.05) is 6.07 Å². The highest BCUT2D eigenvalue weighted by Crippen LogP contribution is 2.45. The van der Waals surface area contributed by atoms with E-state index in [0.717, 1.165) is 12.8 Å². The van der Waals surface area contributed by atoms with Gasteiger partial charge in [-0.15, -0.1) is 11.3 Å². The molecule has 1 aliphatic rings. The summed E-state index contributed by atoms with van der Waals surface area (Å²) in [7, 11) is 0. The van der Waals surface area contributed by atoms with E-state index in [4.69, 9.17) is 4.74 Å². The van der Waals surface area contributed by atoms with Gasteiger partial charge in [0.15, 0.2) is 0 Å². The van der Waals surface area contributed by atoms with Crippen LogP contribution in [0, 0.1) is 5.41 Å². The Kier molecular flexibility index (Phi) is 3.45. The highest BCUT2D eigenvalue weighted by molar-refractivity contribution is 7.09. The summed E-state index contributed by atoms with van der Waals surface area (Å²) in [4.78, 5) is 12.9. The van der Waals surface area contributed by atoms with Crippen molar-refractivity contribution in [3.63, 3.8) is 0 Å². The zero-order valence-electron chi connectivity index (χ0n) is 9.86. The summed E-state index contributed by atoms with van der Waals surface area (Å²) in [6.07, 6.45) is 2.54. The second-order valence-corrected chi connectivity index (χ2v) is 5.40.